The van der Waals surface area contributed by atoms with Gasteiger partial charge >= 0.3 is 6.09 Å². The Morgan fingerprint density at radius 2 is 1.85 bits per heavy atom. The van der Waals surface area contributed by atoms with Crippen LogP contribution in [0.1, 0.15) is 62.4 Å². The number of hydrogen-bond acceptors (Lipinski definition) is 7. The molecule has 3 heterocycles. The van der Waals surface area contributed by atoms with Gasteiger partial charge in [-0.05, 0) is 69.8 Å². The van der Waals surface area contributed by atoms with Crippen molar-refractivity contribution in [1.82, 2.24) is 14.7 Å². The summed E-state index contributed by atoms with van der Waals surface area (Å²) in [6.07, 6.45) is 1.58. The summed E-state index contributed by atoms with van der Waals surface area (Å²) >= 11 is 0. The minimum Gasteiger partial charge on any atom is -0.489 e. The number of benzene rings is 1. The zero-order valence-electron chi connectivity index (χ0n) is 24.7. The Labute approximate surface area is 237 Å². The lowest BCUT2D eigenvalue weighted by atomic mass is 10.0. The molecule has 1 aromatic carbocycles. The molecule has 0 saturated carbocycles. The highest BCUT2D eigenvalue weighted by Crippen LogP contribution is 2.32. The molecule has 0 spiro atoms. The monoisotopic (exact) mass is 573 g/mol. The normalized spacial score (nSPS) is 22.1. The molecule has 0 bridgehead atoms. The third-order valence-electron chi connectivity index (χ3n) is 7.32. The number of piperidine rings is 2. The molecule has 2 saturated heterocycles. The number of ether oxygens (including phenoxy) is 3. The fraction of sp³-hybridized carbons (Fsp3) is 0.655. The lowest BCUT2D eigenvalue weighted by Gasteiger charge is -2.35. The van der Waals surface area contributed by atoms with Crippen LogP contribution in [-0.2, 0) is 25.6 Å². The molecule has 4 rings (SSSR count). The summed E-state index contributed by atoms with van der Waals surface area (Å²) in [6.45, 7) is 14.0. The smallest absolute Gasteiger partial charge is 0.410 e. The molecule has 40 heavy (non-hydrogen) atoms. The Morgan fingerprint density at radius 1 is 1.10 bits per heavy atom. The molecule has 0 radical (unpaired) electrons. The van der Waals surface area contributed by atoms with Gasteiger partial charge in [-0.25, -0.2) is 4.79 Å². The number of carbonyl (C=O) groups excluding carboxylic acids is 4. The van der Waals surface area contributed by atoms with Gasteiger partial charge in [-0.1, -0.05) is 19.6 Å². The molecule has 3 aliphatic heterocycles. The van der Waals surface area contributed by atoms with Crippen LogP contribution in [0.15, 0.2) is 18.2 Å². The Hall–Kier alpha value is -2.92. The van der Waals surface area contributed by atoms with Crippen molar-refractivity contribution in [3.05, 3.63) is 29.3 Å². The second-order valence-corrected chi connectivity index (χ2v) is 18.7. The molecule has 4 amide bonds. The van der Waals surface area contributed by atoms with Crippen LogP contribution in [-0.4, -0.2) is 90.8 Å². The second kappa shape index (κ2) is 11.9. The Balaban J connectivity index is 1.37. The van der Waals surface area contributed by atoms with Gasteiger partial charge in [0, 0.05) is 39.8 Å². The summed E-state index contributed by atoms with van der Waals surface area (Å²) in [5.41, 5.74) is 0.757. The molecular weight excluding hydrogens is 530 g/mol. The van der Waals surface area contributed by atoms with Crippen LogP contribution in [0, 0.1) is 0 Å². The van der Waals surface area contributed by atoms with Gasteiger partial charge < -0.3 is 24.0 Å². The molecule has 2 fully saturated rings. The quantitative estimate of drug-likeness (QED) is 0.260. The fourth-order valence-corrected chi connectivity index (χ4v) is 5.90. The largest absolute Gasteiger partial charge is 0.489 e. The number of amides is 4. The van der Waals surface area contributed by atoms with Crippen molar-refractivity contribution in [1.29, 1.82) is 0 Å². The standard InChI is InChI=1S/C29H43N3O7Si/c1-29(2,3)39-28(36)30-13-7-8-22(18-30)38-21-9-10-23-20(16-21)17-31(26(23)34)24-11-12-25(33)32(27(24)35)19-37-14-15-40(4,5)6/h9-10,16,22,24H,7-8,11-15,17-19H2,1-6H3/t22-,24?/m1/s1. The number of fused-ring (bicyclic) bond motifs is 1. The topological polar surface area (TPSA) is 106 Å². The lowest BCUT2D eigenvalue weighted by Crippen LogP contribution is -2.55. The van der Waals surface area contributed by atoms with Crippen molar-refractivity contribution in [3.8, 4) is 5.75 Å². The minimum atomic E-state index is -1.29. The molecule has 11 heteroatoms. The predicted molar refractivity (Wildman–Crippen MR) is 152 cm³/mol. The van der Waals surface area contributed by atoms with Gasteiger partial charge in [-0.2, -0.15) is 0 Å². The van der Waals surface area contributed by atoms with E-state index in [2.05, 4.69) is 19.6 Å². The number of imide groups is 1. The van der Waals surface area contributed by atoms with Gasteiger partial charge in [0.2, 0.25) is 5.91 Å². The van der Waals surface area contributed by atoms with E-state index < -0.39 is 19.7 Å². The zero-order chi connectivity index (χ0) is 29.2. The van der Waals surface area contributed by atoms with Crippen molar-refractivity contribution < 1.29 is 33.4 Å². The van der Waals surface area contributed by atoms with Gasteiger partial charge in [0.05, 0.1) is 6.54 Å². The van der Waals surface area contributed by atoms with E-state index in [9.17, 15) is 19.2 Å². The SMILES string of the molecule is CC(C)(C)OC(=O)N1CCC[C@@H](Oc2ccc3c(c2)CN(C2CCC(=O)N(COCC[Si](C)(C)C)C2=O)C3=O)C1. The number of nitrogens with zero attached hydrogens (tertiary/aromatic N) is 3. The molecule has 0 N–H and O–H groups in total. The van der Waals surface area contributed by atoms with Gasteiger partial charge in [0.15, 0.2) is 0 Å². The third kappa shape index (κ3) is 7.42. The molecule has 1 unspecified atom stereocenters. The molecule has 1 aromatic rings. The van der Waals surface area contributed by atoms with E-state index in [0.29, 0.717) is 37.4 Å². The maximum atomic E-state index is 13.3. The fourth-order valence-electron chi connectivity index (χ4n) is 5.14. The zero-order valence-corrected chi connectivity index (χ0v) is 25.7. The molecule has 2 atom stereocenters. The Bertz CT molecular complexity index is 1140. The number of carbonyl (C=O) groups is 4. The van der Waals surface area contributed by atoms with Gasteiger partial charge in [0.1, 0.15) is 30.2 Å². The Morgan fingerprint density at radius 3 is 2.55 bits per heavy atom. The van der Waals surface area contributed by atoms with Crippen LogP contribution in [0.25, 0.3) is 0 Å². The minimum absolute atomic E-state index is 0.0761. The van der Waals surface area contributed by atoms with Crippen molar-refractivity contribution in [3.63, 3.8) is 0 Å². The van der Waals surface area contributed by atoms with Crippen LogP contribution in [0.4, 0.5) is 4.79 Å². The van der Waals surface area contributed by atoms with Crippen LogP contribution in [0.3, 0.4) is 0 Å². The summed E-state index contributed by atoms with van der Waals surface area (Å²) in [6, 6.07) is 5.57. The van der Waals surface area contributed by atoms with Crippen molar-refractivity contribution in [2.24, 2.45) is 0 Å². The van der Waals surface area contributed by atoms with Crippen LogP contribution >= 0.6 is 0 Å². The Kier molecular flexibility index (Phi) is 8.94. The van der Waals surface area contributed by atoms with Crippen molar-refractivity contribution in [2.75, 3.05) is 26.4 Å². The average Bonchev–Trinajstić information content (AvgIpc) is 3.17. The van der Waals surface area contributed by atoms with Gasteiger partial charge in [0.25, 0.3) is 11.8 Å². The first-order valence-electron chi connectivity index (χ1n) is 14.2. The summed E-state index contributed by atoms with van der Waals surface area (Å²) in [5, 5.41) is 0. The second-order valence-electron chi connectivity index (χ2n) is 13.1. The van der Waals surface area contributed by atoms with Crippen LogP contribution in [0.5, 0.6) is 5.75 Å². The predicted octanol–water partition coefficient (Wildman–Crippen LogP) is 4.25. The maximum Gasteiger partial charge on any atom is 0.410 e. The number of rotatable bonds is 8. The maximum absolute atomic E-state index is 13.3. The highest BCUT2D eigenvalue weighted by atomic mass is 28.3. The average molecular weight is 574 g/mol. The molecular formula is C29H43N3O7Si. The van der Waals surface area contributed by atoms with Crippen LogP contribution in [0.2, 0.25) is 25.7 Å². The summed E-state index contributed by atoms with van der Waals surface area (Å²) in [7, 11) is -1.29. The summed E-state index contributed by atoms with van der Waals surface area (Å²) in [5.74, 6) is -0.247. The van der Waals surface area contributed by atoms with E-state index in [1.807, 2.05) is 26.8 Å². The number of likely N-dealkylation sites (tertiary alicyclic amines) is 2. The van der Waals surface area contributed by atoms with Crippen molar-refractivity contribution in [2.45, 2.75) is 96.4 Å². The molecule has 0 aliphatic carbocycles. The van der Waals surface area contributed by atoms with Gasteiger partial charge in [-0.15, -0.1) is 0 Å². The molecule has 3 aliphatic rings. The van der Waals surface area contributed by atoms with E-state index in [1.165, 1.54) is 0 Å². The van der Waals surface area contributed by atoms with E-state index in [-0.39, 0.29) is 49.6 Å². The third-order valence-corrected chi connectivity index (χ3v) is 9.02. The summed E-state index contributed by atoms with van der Waals surface area (Å²) < 4.78 is 17.4. The van der Waals surface area contributed by atoms with E-state index in [4.69, 9.17) is 14.2 Å². The highest BCUT2D eigenvalue weighted by molar-refractivity contribution is 6.76. The lowest BCUT2D eigenvalue weighted by molar-refractivity contribution is -0.158. The summed E-state index contributed by atoms with van der Waals surface area (Å²) in [4.78, 5) is 56.0. The highest BCUT2D eigenvalue weighted by Gasteiger charge is 2.43. The van der Waals surface area contributed by atoms with Crippen molar-refractivity contribution >= 4 is 31.9 Å². The molecule has 220 valence electrons. The molecule has 0 aromatic heterocycles. The first-order valence-corrected chi connectivity index (χ1v) is 17.9. The number of hydrogen-bond donors (Lipinski definition) is 0. The van der Waals surface area contributed by atoms with E-state index >= 15 is 0 Å². The van der Waals surface area contributed by atoms with E-state index in [0.717, 1.165) is 29.3 Å². The van der Waals surface area contributed by atoms with Gasteiger partial charge in [-0.3, -0.25) is 19.3 Å². The first-order chi connectivity index (χ1) is 18.7. The van der Waals surface area contributed by atoms with E-state index in [1.54, 1.807) is 21.9 Å². The molecule has 10 nitrogen and oxygen atoms in total. The van der Waals surface area contributed by atoms with Crippen LogP contribution < -0.4 is 4.74 Å². The first kappa shape index (κ1) is 30.0.